The normalized spacial score (nSPS) is 14.2. The van der Waals surface area contributed by atoms with Crippen molar-refractivity contribution in [2.75, 3.05) is 7.11 Å². The molecule has 0 aliphatic heterocycles. The van der Waals surface area contributed by atoms with Gasteiger partial charge in [-0.15, -0.1) is 0 Å². The number of hydrogen-bond donors (Lipinski definition) is 0. The molecule has 4 heteroatoms. The Morgan fingerprint density at radius 3 is 1.80 bits per heavy atom. The lowest BCUT2D eigenvalue weighted by molar-refractivity contribution is -0.141. The van der Waals surface area contributed by atoms with Gasteiger partial charge in [0, 0.05) is 5.41 Å². The van der Waals surface area contributed by atoms with Gasteiger partial charge in [0.05, 0.1) is 19.1 Å². The van der Waals surface area contributed by atoms with Crippen LogP contribution in [0.1, 0.15) is 121 Å². The smallest absolute Gasteiger partial charge is 0.312 e. The predicted molar refractivity (Wildman–Crippen MR) is 199 cm³/mol. The maximum atomic E-state index is 12.0. The van der Waals surface area contributed by atoms with Crippen molar-refractivity contribution in [1.82, 2.24) is 0 Å². The van der Waals surface area contributed by atoms with Crippen LogP contribution in [0.5, 0.6) is 0 Å². The molecular formula is C42H62O3Si. The molecule has 0 aromatic heterocycles. The van der Waals surface area contributed by atoms with Gasteiger partial charge in [-0.2, -0.15) is 0 Å². The molecule has 2 atom stereocenters. The van der Waals surface area contributed by atoms with Crippen LogP contribution in [0.4, 0.5) is 0 Å². The maximum absolute atomic E-state index is 12.0. The van der Waals surface area contributed by atoms with Crippen LogP contribution >= 0.6 is 0 Å². The van der Waals surface area contributed by atoms with E-state index < -0.39 is 8.32 Å². The first-order valence-electron chi connectivity index (χ1n) is 17.4. The summed E-state index contributed by atoms with van der Waals surface area (Å²) in [4.78, 5) is 12.0. The topological polar surface area (TPSA) is 35.5 Å². The molecule has 0 aliphatic carbocycles. The molecule has 0 bridgehead atoms. The fourth-order valence-corrected chi connectivity index (χ4v) is 8.08. The number of aryl methyl sites for hydroxylation is 3. The largest absolute Gasteiger partial charge is 0.469 e. The summed E-state index contributed by atoms with van der Waals surface area (Å²) in [7, 11) is -0.431. The third kappa shape index (κ3) is 8.23. The Morgan fingerprint density at radius 2 is 1.35 bits per heavy atom. The van der Waals surface area contributed by atoms with Gasteiger partial charge >= 0.3 is 5.97 Å². The quantitative estimate of drug-likeness (QED) is 0.146. The van der Waals surface area contributed by atoms with E-state index in [0.717, 1.165) is 36.8 Å². The summed E-state index contributed by atoms with van der Waals surface area (Å²) in [6, 6.07) is 22.5. The van der Waals surface area contributed by atoms with Gasteiger partial charge in [0.1, 0.15) is 0 Å². The molecule has 0 heterocycles. The van der Waals surface area contributed by atoms with Crippen LogP contribution < -0.4 is 0 Å². The zero-order valence-electron chi connectivity index (χ0n) is 31.5. The van der Waals surface area contributed by atoms with Crippen molar-refractivity contribution >= 4 is 14.3 Å². The third-order valence-corrected chi connectivity index (χ3v) is 15.5. The van der Waals surface area contributed by atoms with E-state index in [-0.39, 0.29) is 33.9 Å². The average molecular weight is 643 g/mol. The molecule has 0 radical (unpaired) electrons. The summed E-state index contributed by atoms with van der Waals surface area (Å²) in [6.07, 6.45) is 4.36. The van der Waals surface area contributed by atoms with Gasteiger partial charge in [-0.1, -0.05) is 116 Å². The van der Waals surface area contributed by atoms with Gasteiger partial charge in [0.15, 0.2) is 8.32 Å². The third-order valence-electron chi connectivity index (χ3n) is 11.0. The molecule has 0 aliphatic rings. The lowest BCUT2D eigenvalue weighted by Crippen LogP contribution is -2.47. The second kappa shape index (κ2) is 14.6. The standard InChI is InChI=1S/C42H62O3Si/c1-15-42(16-2,36-24-25-37(30(4)28-36)34-19-17-33(18-20-34)31(5)39(43)44-12)35-23-21-32(29(3)27-35)22-26-38(40(6,7)8)45-46(13,14)41(9,10)11/h17-21,23-25,27-28,31,38H,15-16,22,26H2,1-14H3/t31-,38?/m1/s1. The lowest BCUT2D eigenvalue weighted by Gasteiger charge is -2.43. The van der Waals surface area contributed by atoms with Crippen molar-refractivity contribution in [3.05, 3.63) is 94.0 Å². The molecule has 0 amide bonds. The number of rotatable bonds is 12. The van der Waals surface area contributed by atoms with E-state index in [0.29, 0.717) is 0 Å². The number of benzene rings is 3. The van der Waals surface area contributed by atoms with Crippen molar-refractivity contribution in [2.24, 2.45) is 5.41 Å². The highest BCUT2D eigenvalue weighted by Crippen LogP contribution is 2.43. The number of carbonyl (C=O) groups is 1. The minimum absolute atomic E-state index is 0.0498. The lowest BCUT2D eigenvalue weighted by atomic mass is 9.69. The Bertz CT molecular complexity index is 1470. The highest BCUT2D eigenvalue weighted by Gasteiger charge is 2.41. The first-order valence-corrected chi connectivity index (χ1v) is 20.3. The molecule has 3 aromatic carbocycles. The van der Waals surface area contributed by atoms with Crippen molar-refractivity contribution < 1.29 is 14.0 Å². The van der Waals surface area contributed by atoms with E-state index in [1.54, 1.807) is 0 Å². The number of carbonyl (C=O) groups excluding carboxylic acids is 1. The summed E-state index contributed by atoms with van der Waals surface area (Å²) in [5.41, 5.74) is 10.2. The van der Waals surface area contributed by atoms with Crippen molar-refractivity contribution in [3.63, 3.8) is 0 Å². The van der Waals surface area contributed by atoms with Gasteiger partial charge in [-0.05, 0) is 115 Å². The summed E-state index contributed by atoms with van der Waals surface area (Å²) >= 11 is 0. The van der Waals surface area contributed by atoms with E-state index in [1.807, 2.05) is 19.1 Å². The molecule has 1 unspecified atom stereocenters. The van der Waals surface area contributed by atoms with Crippen molar-refractivity contribution in [2.45, 2.75) is 137 Å². The van der Waals surface area contributed by atoms with Crippen LogP contribution in [0.25, 0.3) is 11.1 Å². The fourth-order valence-electron chi connectivity index (χ4n) is 6.54. The van der Waals surface area contributed by atoms with Gasteiger partial charge in [0.25, 0.3) is 0 Å². The first-order chi connectivity index (χ1) is 21.3. The Hall–Kier alpha value is -2.69. The molecule has 0 spiro atoms. The Morgan fingerprint density at radius 1 is 0.804 bits per heavy atom. The molecule has 3 nitrogen and oxygen atoms in total. The minimum Gasteiger partial charge on any atom is -0.469 e. The zero-order valence-corrected chi connectivity index (χ0v) is 32.5. The van der Waals surface area contributed by atoms with Crippen molar-refractivity contribution in [3.8, 4) is 11.1 Å². The van der Waals surface area contributed by atoms with Gasteiger partial charge < -0.3 is 9.16 Å². The van der Waals surface area contributed by atoms with Gasteiger partial charge in [0.2, 0.25) is 0 Å². The summed E-state index contributed by atoms with van der Waals surface area (Å²) in [5, 5.41) is 0.198. The van der Waals surface area contributed by atoms with Crippen LogP contribution in [0, 0.1) is 19.3 Å². The molecule has 46 heavy (non-hydrogen) atoms. The molecule has 3 rings (SSSR count). The zero-order chi connectivity index (χ0) is 34.7. The maximum Gasteiger partial charge on any atom is 0.312 e. The van der Waals surface area contributed by atoms with Crippen LogP contribution in [0.2, 0.25) is 18.1 Å². The van der Waals surface area contributed by atoms with E-state index in [4.69, 9.17) is 9.16 Å². The molecule has 0 saturated heterocycles. The molecule has 0 saturated carbocycles. The number of esters is 1. The fraction of sp³-hybridized carbons (Fsp3) is 0.548. The molecular weight excluding hydrogens is 581 g/mol. The van der Waals surface area contributed by atoms with E-state index in [2.05, 4.69) is 131 Å². The SMILES string of the molecule is CCC(CC)(c1ccc(CCC(O[Si](C)(C)C(C)(C)C)C(C)(C)C)c(C)c1)c1ccc(-c2ccc([C@@H](C)C(=O)OC)cc2)c(C)c1. The van der Waals surface area contributed by atoms with Crippen LogP contribution in [-0.2, 0) is 25.8 Å². The average Bonchev–Trinajstić information content (AvgIpc) is 2.99. The van der Waals surface area contributed by atoms with Gasteiger partial charge in [-0.3, -0.25) is 4.79 Å². The number of ether oxygens (including phenoxy) is 1. The van der Waals surface area contributed by atoms with Crippen LogP contribution in [0.15, 0.2) is 60.7 Å². The Labute approximate surface area is 282 Å². The summed E-state index contributed by atoms with van der Waals surface area (Å²) in [5.74, 6) is -0.487. The van der Waals surface area contributed by atoms with Crippen LogP contribution in [0.3, 0.4) is 0 Å². The monoisotopic (exact) mass is 642 g/mol. The van der Waals surface area contributed by atoms with Crippen molar-refractivity contribution in [1.29, 1.82) is 0 Å². The second-order valence-electron chi connectivity index (χ2n) is 16.1. The van der Waals surface area contributed by atoms with Crippen LogP contribution in [-0.4, -0.2) is 27.5 Å². The predicted octanol–water partition coefficient (Wildman–Crippen LogP) is 11.7. The summed E-state index contributed by atoms with van der Waals surface area (Å²) in [6.45, 7) is 29.7. The number of hydrogen-bond acceptors (Lipinski definition) is 3. The second-order valence-corrected chi connectivity index (χ2v) is 20.9. The molecule has 0 N–H and O–H groups in total. The highest BCUT2D eigenvalue weighted by atomic mass is 28.4. The molecule has 3 aromatic rings. The summed E-state index contributed by atoms with van der Waals surface area (Å²) < 4.78 is 11.9. The Kier molecular flexibility index (Phi) is 12.0. The van der Waals surface area contributed by atoms with E-state index in [9.17, 15) is 4.79 Å². The van der Waals surface area contributed by atoms with Gasteiger partial charge in [-0.25, -0.2) is 0 Å². The van der Waals surface area contributed by atoms with E-state index >= 15 is 0 Å². The van der Waals surface area contributed by atoms with E-state index in [1.165, 1.54) is 40.5 Å². The number of methoxy groups -OCH3 is 1. The first kappa shape index (κ1) is 37.8. The minimum atomic E-state index is -1.87. The molecule has 0 fully saturated rings. The highest BCUT2D eigenvalue weighted by molar-refractivity contribution is 6.74. The molecule has 252 valence electrons. The Balaban J connectivity index is 1.88.